The number of nitroso groups, excluding NO2 is 1. The third-order valence-corrected chi connectivity index (χ3v) is 4.08. The van der Waals surface area contributed by atoms with Crippen LogP contribution in [0.25, 0.3) is 0 Å². The number of methoxy groups -OCH3 is 1. The van der Waals surface area contributed by atoms with Crippen molar-refractivity contribution in [2.24, 2.45) is 5.18 Å². The number of carbonyl (C=O) groups is 1. The zero-order chi connectivity index (χ0) is 19.8. The van der Waals surface area contributed by atoms with Crippen molar-refractivity contribution in [1.29, 1.82) is 0 Å². The Morgan fingerprint density at radius 1 is 1.26 bits per heavy atom. The smallest absolute Gasteiger partial charge is 0.219 e. The Kier molecular flexibility index (Phi) is 6.88. The molecule has 0 bridgehead atoms. The lowest BCUT2D eigenvalue weighted by Gasteiger charge is -2.23. The fourth-order valence-electron chi connectivity index (χ4n) is 2.66. The molecule has 0 saturated carbocycles. The van der Waals surface area contributed by atoms with Crippen LogP contribution in [0.15, 0.2) is 83.8 Å². The number of benzene rings is 2. The second-order valence-electron chi connectivity index (χ2n) is 6.01. The summed E-state index contributed by atoms with van der Waals surface area (Å²) in [7, 11) is 3.37. The number of ketones is 1. The number of rotatable bonds is 9. The van der Waals surface area contributed by atoms with Gasteiger partial charge in [0.25, 0.3) is 0 Å². The lowest BCUT2D eigenvalue weighted by atomic mass is 9.97. The molecule has 2 aromatic carbocycles. The molecule has 1 unspecified atom stereocenters. The van der Waals surface area contributed by atoms with Gasteiger partial charge in [0.05, 0.1) is 7.11 Å². The highest BCUT2D eigenvalue weighted by Crippen LogP contribution is 2.30. The first-order valence-electron chi connectivity index (χ1n) is 8.31. The molecule has 0 aliphatic carbocycles. The summed E-state index contributed by atoms with van der Waals surface area (Å²) in [6.45, 7) is 3.51. The highest BCUT2D eigenvalue weighted by Gasteiger charge is 2.21. The van der Waals surface area contributed by atoms with Gasteiger partial charge in [-0.15, -0.1) is 4.91 Å². The third-order valence-electron chi connectivity index (χ3n) is 4.08. The molecule has 0 aromatic heterocycles. The highest BCUT2D eigenvalue weighted by molar-refractivity contribution is 6.02. The van der Waals surface area contributed by atoms with Crippen molar-refractivity contribution in [3.8, 4) is 5.75 Å². The molecule has 0 aliphatic heterocycles. The van der Waals surface area contributed by atoms with E-state index in [1.54, 1.807) is 24.3 Å². The van der Waals surface area contributed by atoms with Crippen LogP contribution in [0.1, 0.15) is 11.6 Å². The molecule has 0 heterocycles. The van der Waals surface area contributed by atoms with Gasteiger partial charge in [-0.1, -0.05) is 42.1 Å². The molecule has 27 heavy (non-hydrogen) atoms. The molecule has 6 heteroatoms. The number of allylic oxidation sites excluding steroid dienone is 1. The van der Waals surface area contributed by atoms with Gasteiger partial charge in [-0.25, -0.2) is 0 Å². The highest BCUT2D eigenvalue weighted by atomic mass is 16.5. The monoisotopic (exact) mass is 366 g/mol. The fraction of sp³-hybridized carbons (Fsp3) is 0.190. The molecule has 2 rings (SSSR count). The van der Waals surface area contributed by atoms with Gasteiger partial charge in [-0.3, -0.25) is 4.79 Å². The van der Waals surface area contributed by atoms with Crippen LogP contribution >= 0.6 is 0 Å². The molecule has 0 amide bonds. The standard InChI is InChI=1S/C21H22N2O4/c1-15(24)20(25)13-17(14-23(2)18-9-5-4-6-10-18)21(22-26)16-8-7-11-19(12-16)27-3/h4-13,21,24H,1,14H2,2-3H3/b17-13+. The molecular weight excluding hydrogens is 344 g/mol. The van der Waals surface area contributed by atoms with Gasteiger partial charge in [0.15, 0.2) is 5.76 Å². The number of aliphatic hydroxyl groups is 1. The summed E-state index contributed by atoms with van der Waals surface area (Å²) in [6.07, 6.45) is 1.22. The van der Waals surface area contributed by atoms with E-state index in [0.29, 0.717) is 16.9 Å². The summed E-state index contributed by atoms with van der Waals surface area (Å²) in [5, 5.41) is 12.6. The zero-order valence-electron chi connectivity index (χ0n) is 15.3. The number of carbonyl (C=O) groups excluding carboxylic acids is 1. The molecule has 0 spiro atoms. The second-order valence-corrected chi connectivity index (χ2v) is 6.01. The minimum atomic E-state index is -0.908. The van der Waals surface area contributed by atoms with Gasteiger partial charge in [0, 0.05) is 19.3 Å². The molecule has 0 fully saturated rings. The van der Waals surface area contributed by atoms with Crippen LogP contribution in [0, 0.1) is 4.91 Å². The Morgan fingerprint density at radius 3 is 2.56 bits per heavy atom. The van der Waals surface area contributed by atoms with Crippen molar-refractivity contribution in [1.82, 2.24) is 0 Å². The number of para-hydroxylation sites is 1. The maximum absolute atomic E-state index is 12.0. The minimum absolute atomic E-state index is 0.261. The quantitative estimate of drug-likeness (QED) is 0.409. The number of hydrogen-bond donors (Lipinski definition) is 1. The van der Waals surface area contributed by atoms with Gasteiger partial charge in [0.1, 0.15) is 11.8 Å². The van der Waals surface area contributed by atoms with Crippen LogP contribution < -0.4 is 9.64 Å². The first kappa shape index (κ1) is 19.9. The number of anilines is 1. The summed E-state index contributed by atoms with van der Waals surface area (Å²) < 4.78 is 5.20. The van der Waals surface area contributed by atoms with E-state index >= 15 is 0 Å². The molecule has 6 nitrogen and oxygen atoms in total. The van der Waals surface area contributed by atoms with Crippen molar-refractivity contribution >= 4 is 11.5 Å². The van der Waals surface area contributed by atoms with Crippen LogP contribution in [-0.4, -0.2) is 31.6 Å². The second kappa shape index (κ2) is 9.33. The van der Waals surface area contributed by atoms with Crippen LogP contribution in [0.5, 0.6) is 5.75 Å². The molecule has 0 saturated heterocycles. The van der Waals surface area contributed by atoms with Crippen LogP contribution in [0.4, 0.5) is 5.69 Å². The van der Waals surface area contributed by atoms with E-state index in [-0.39, 0.29) is 6.54 Å². The van der Waals surface area contributed by atoms with Crippen molar-refractivity contribution in [3.63, 3.8) is 0 Å². The molecule has 140 valence electrons. The molecule has 2 aromatic rings. The topological polar surface area (TPSA) is 79.2 Å². The Balaban J connectivity index is 2.42. The van der Waals surface area contributed by atoms with Gasteiger partial charge in [-0.2, -0.15) is 0 Å². The van der Waals surface area contributed by atoms with Crippen molar-refractivity contribution in [2.45, 2.75) is 6.04 Å². The summed E-state index contributed by atoms with van der Waals surface area (Å²) >= 11 is 0. The molecular formula is C21H22N2O4. The van der Waals surface area contributed by atoms with Crippen LogP contribution in [-0.2, 0) is 4.79 Å². The summed E-state index contributed by atoms with van der Waals surface area (Å²) in [4.78, 5) is 25.6. The normalized spacial score (nSPS) is 12.1. The summed E-state index contributed by atoms with van der Waals surface area (Å²) in [5.41, 5.74) is 1.94. The maximum Gasteiger partial charge on any atom is 0.219 e. The minimum Gasteiger partial charge on any atom is -0.505 e. The van der Waals surface area contributed by atoms with Gasteiger partial charge in [0.2, 0.25) is 5.78 Å². The van der Waals surface area contributed by atoms with E-state index in [9.17, 15) is 14.8 Å². The fourth-order valence-corrected chi connectivity index (χ4v) is 2.66. The predicted molar refractivity (Wildman–Crippen MR) is 106 cm³/mol. The van der Waals surface area contributed by atoms with E-state index < -0.39 is 17.6 Å². The van der Waals surface area contributed by atoms with Crippen LogP contribution in [0.2, 0.25) is 0 Å². The third kappa shape index (κ3) is 5.28. The average Bonchev–Trinajstić information content (AvgIpc) is 2.69. The number of nitrogens with zero attached hydrogens (tertiary/aromatic N) is 2. The molecule has 1 N–H and O–H groups in total. The van der Waals surface area contributed by atoms with E-state index in [4.69, 9.17) is 4.74 Å². The van der Waals surface area contributed by atoms with Crippen molar-refractivity contribution in [3.05, 3.63) is 89.1 Å². The maximum atomic E-state index is 12.0. The Labute approximate surface area is 158 Å². The first-order chi connectivity index (χ1) is 13.0. The number of aliphatic hydroxyl groups excluding tert-OH is 1. The Hall–Kier alpha value is -3.41. The summed E-state index contributed by atoms with van der Waals surface area (Å²) in [6, 6.07) is 15.6. The molecule has 1 atom stereocenters. The Bertz CT molecular complexity index is 846. The molecule has 0 aliphatic rings. The van der Waals surface area contributed by atoms with E-state index in [0.717, 1.165) is 5.69 Å². The lowest BCUT2D eigenvalue weighted by molar-refractivity contribution is -0.113. The number of ether oxygens (including phenoxy) is 1. The predicted octanol–water partition coefficient (Wildman–Crippen LogP) is 4.21. The first-order valence-corrected chi connectivity index (χ1v) is 8.31. The molecule has 0 radical (unpaired) electrons. The largest absolute Gasteiger partial charge is 0.505 e. The van der Waals surface area contributed by atoms with Crippen LogP contribution in [0.3, 0.4) is 0 Å². The van der Waals surface area contributed by atoms with Gasteiger partial charge >= 0.3 is 0 Å². The van der Waals surface area contributed by atoms with Crippen molar-refractivity contribution < 1.29 is 14.6 Å². The van der Waals surface area contributed by atoms with E-state index in [1.165, 1.54) is 13.2 Å². The zero-order valence-corrected chi connectivity index (χ0v) is 15.3. The lowest BCUT2D eigenvalue weighted by Crippen LogP contribution is -2.23. The summed E-state index contributed by atoms with van der Waals surface area (Å²) in [5.74, 6) is -0.678. The van der Waals surface area contributed by atoms with Crippen molar-refractivity contribution in [2.75, 3.05) is 25.6 Å². The van der Waals surface area contributed by atoms with Gasteiger partial charge < -0.3 is 14.7 Å². The Morgan fingerprint density at radius 2 is 1.96 bits per heavy atom. The number of likely N-dealkylation sites (N-methyl/N-ethyl adjacent to an activating group) is 1. The van der Waals surface area contributed by atoms with E-state index in [1.807, 2.05) is 42.3 Å². The van der Waals surface area contributed by atoms with Gasteiger partial charge in [-0.05, 0) is 41.5 Å². The van der Waals surface area contributed by atoms with E-state index in [2.05, 4.69) is 11.8 Å². The SMILES string of the molecule is C=C(O)C(=O)/C=C(\CN(C)c1ccccc1)C(N=O)c1cccc(OC)c1. The number of hydrogen-bond acceptors (Lipinski definition) is 6. The average molecular weight is 366 g/mol.